The van der Waals surface area contributed by atoms with E-state index in [1.165, 1.54) is 0 Å². The second kappa shape index (κ2) is 16.6. The van der Waals surface area contributed by atoms with Gasteiger partial charge in [0.15, 0.2) is 0 Å². The topological polar surface area (TPSA) is 112 Å². The van der Waals surface area contributed by atoms with Crippen LogP contribution in [0.2, 0.25) is 0 Å². The molecule has 0 unspecified atom stereocenters. The number of carbonyl (C=O) groups is 3. The average Bonchev–Trinajstić information content (AvgIpc) is 3.49. The Kier molecular flexibility index (Phi) is 12.0. The molecule has 5 rings (SSSR count). The van der Waals surface area contributed by atoms with Gasteiger partial charge in [0.1, 0.15) is 17.8 Å². The van der Waals surface area contributed by atoms with E-state index < -0.39 is 18.1 Å². The molecule has 9 heteroatoms. The first-order valence-electron chi connectivity index (χ1n) is 17.0. The van der Waals surface area contributed by atoms with E-state index >= 15 is 0 Å². The van der Waals surface area contributed by atoms with E-state index in [0.717, 1.165) is 48.1 Å². The van der Waals surface area contributed by atoms with Gasteiger partial charge >= 0.3 is 0 Å². The van der Waals surface area contributed by atoms with Crippen molar-refractivity contribution in [1.29, 1.82) is 0 Å². The van der Waals surface area contributed by atoms with Gasteiger partial charge in [-0.3, -0.25) is 14.4 Å². The van der Waals surface area contributed by atoms with Crippen LogP contribution in [0.1, 0.15) is 68.2 Å². The summed E-state index contributed by atoms with van der Waals surface area (Å²) < 4.78 is 5.26. The first-order chi connectivity index (χ1) is 22.9. The van der Waals surface area contributed by atoms with Crippen molar-refractivity contribution >= 4 is 17.7 Å². The lowest BCUT2D eigenvalue weighted by Gasteiger charge is -2.33. The SMILES string of the molecule is CC[C@H](NC)C(=O)N[C@@H]1C(=O)N2[C@@H](CC[C@@H]1CCNCc1ccc(OC)cc1)CC[C@H]2C(=O)NC(c1ccccc1)c1ccccc1. The van der Waals surface area contributed by atoms with Crippen LogP contribution in [0.25, 0.3) is 0 Å². The fraction of sp³-hybridized carbons (Fsp3) is 0.447. The van der Waals surface area contributed by atoms with E-state index in [0.29, 0.717) is 25.9 Å². The zero-order chi connectivity index (χ0) is 33.2. The number of fused-ring (bicyclic) bond motifs is 1. The van der Waals surface area contributed by atoms with Crippen LogP contribution in [0.3, 0.4) is 0 Å². The molecule has 4 N–H and O–H groups in total. The number of methoxy groups -OCH3 is 1. The predicted molar refractivity (Wildman–Crippen MR) is 184 cm³/mol. The van der Waals surface area contributed by atoms with Gasteiger partial charge in [-0.1, -0.05) is 79.7 Å². The molecule has 3 aromatic rings. The van der Waals surface area contributed by atoms with Crippen LogP contribution in [-0.2, 0) is 20.9 Å². The minimum absolute atomic E-state index is 0.0342. The predicted octanol–water partition coefficient (Wildman–Crippen LogP) is 4.33. The summed E-state index contributed by atoms with van der Waals surface area (Å²) in [6, 6.07) is 25.7. The molecule has 0 radical (unpaired) electrons. The number of carbonyl (C=O) groups excluding carboxylic acids is 3. The second-order valence-corrected chi connectivity index (χ2v) is 12.6. The Morgan fingerprint density at radius 3 is 2.13 bits per heavy atom. The van der Waals surface area contributed by atoms with Crippen LogP contribution in [-0.4, -0.2) is 67.5 Å². The smallest absolute Gasteiger partial charge is 0.246 e. The first-order valence-corrected chi connectivity index (χ1v) is 17.0. The Bertz CT molecular complexity index is 1410. The van der Waals surface area contributed by atoms with Crippen LogP contribution in [0.15, 0.2) is 84.9 Å². The van der Waals surface area contributed by atoms with Gasteiger partial charge in [0, 0.05) is 12.6 Å². The number of nitrogens with one attached hydrogen (secondary N) is 4. The molecule has 2 saturated heterocycles. The van der Waals surface area contributed by atoms with Gasteiger partial charge in [0.25, 0.3) is 0 Å². The Balaban J connectivity index is 1.32. The normalized spacial score (nSPS) is 21.5. The van der Waals surface area contributed by atoms with Gasteiger partial charge in [-0.25, -0.2) is 0 Å². The number of amides is 3. The first kappa shape index (κ1) is 34.1. The summed E-state index contributed by atoms with van der Waals surface area (Å²) in [5.74, 6) is 0.265. The monoisotopic (exact) mass is 639 g/mol. The van der Waals surface area contributed by atoms with Gasteiger partial charge in [-0.2, -0.15) is 0 Å². The van der Waals surface area contributed by atoms with Crippen molar-refractivity contribution in [3.8, 4) is 5.75 Å². The summed E-state index contributed by atoms with van der Waals surface area (Å²) in [5, 5.41) is 13.0. The number of nitrogens with zero attached hydrogens (tertiary/aromatic N) is 1. The summed E-state index contributed by atoms with van der Waals surface area (Å²) in [6.45, 7) is 3.34. The quantitative estimate of drug-likeness (QED) is 0.196. The standard InChI is InChI=1S/C38H49N5O4/c1-4-32(39-2)36(44)42-35-29(23-24-40-25-26-15-20-31(47-3)21-16-26)17-18-30-19-22-33(43(30)38(35)46)37(45)41-34(27-11-7-5-8-12-27)28-13-9-6-10-14-28/h5-16,20-21,29-30,32-35,39-40H,4,17-19,22-25H2,1-3H3,(H,41,45)(H,42,44)/t29-,30+,32+,33+,35+/m1/s1. The molecule has 0 bridgehead atoms. The Labute approximate surface area is 278 Å². The molecule has 0 aromatic heterocycles. The number of hydrogen-bond donors (Lipinski definition) is 4. The molecule has 0 aliphatic carbocycles. The molecule has 3 amide bonds. The lowest BCUT2D eigenvalue weighted by atomic mass is 9.90. The molecule has 0 saturated carbocycles. The van der Waals surface area contributed by atoms with Gasteiger partial charge in [0.2, 0.25) is 17.7 Å². The molecule has 2 aliphatic heterocycles. The van der Waals surface area contributed by atoms with Crippen molar-refractivity contribution in [1.82, 2.24) is 26.2 Å². The third kappa shape index (κ3) is 8.39. The highest BCUT2D eigenvalue weighted by atomic mass is 16.5. The van der Waals surface area contributed by atoms with Crippen LogP contribution >= 0.6 is 0 Å². The lowest BCUT2D eigenvalue weighted by molar-refractivity contribution is -0.143. The second-order valence-electron chi connectivity index (χ2n) is 12.6. The largest absolute Gasteiger partial charge is 0.497 e. The van der Waals surface area contributed by atoms with E-state index in [1.54, 1.807) is 19.1 Å². The Hall–Kier alpha value is -4.21. The fourth-order valence-corrected chi connectivity index (χ4v) is 7.11. The average molecular weight is 640 g/mol. The molecular weight excluding hydrogens is 590 g/mol. The molecule has 250 valence electrons. The van der Waals surface area contributed by atoms with E-state index in [-0.39, 0.29) is 35.7 Å². The summed E-state index contributed by atoms with van der Waals surface area (Å²) >= 11 is 0. The highest BCUT2D eigenvalue weighted by Crippen LogP contribution is 2.36. The zero-order valence-corrected chi connectivity index (χ0v) is 27.8. The number of benzene rings is 3. The number of ether oxygens (including phenoxy) is 1. The van der Waals surface area contributed by atoms with Crippen molar-refractivity contribution < 1.29 is 19.1 Å². The van der Waals surface area contributed by atoms with Crippen molar-refractivity contribution in [2.24, 2.45) is 5.92 Å². The highest BCUT2D eigenvalue weighted by molar-refractivity contribution is 5.94. The fourth-order valence-electron chi connectivity index (χ4n) is 7.11. The maximum Gasteiger partial charge on any atom is 0.246 e. The summed E-state index contributed by atoms with van der Waals surface area (Å²) in [4.78, 5) is 43.8. The van der Waals surface area contributed by atoms with Crippen molar-refractivity contribution in [2.75, 3.05) is 20.7 Å². The van der Waals surface area contributed by atoms with Crippen molar-refractivity contribution in [3.05, 3.63) is 102 Å². The Morgan fingerprint density at radius 2 is 1.53 bits per heavy atom. The van der Waals surface area contributed by atoms with Gasteiger partial charge in [-0.05, 0) is 86.9 Å². The van der Waals surface area contributed by atoms with Crippen LogP contribution < -0.4 is 26.0 Å². The van der Waals surface area contributed by atoms with E-state index in [4.69, 9.17) is 4.74 Å². The molecular formula is C38H49N5O4. The van der Waals surface area contributed by atoms with Crippen molar-refractivity contribution in [3.63, 3.8) is 0 Å². The highest BCUT2D eigenvalue weighted by Gasteiger charge is 2.47. The maximum absolute atomic E-state index is 14.5. The lowest BCUT2D eigenvalue weighted by Crippen LogP contribution is -2.58. The van der Waals surface area contributed by atoms with Crippen LogP contribution in [0, 0.1) is 5.92 Å². The summed E-state index contributed by atoms with van der Waals surface area (Å²) in [5.41, 5.74) is 3.11. The number of hydrogen-bond acceptors (Lipinski definition) is 6. The maximum atomic E-state index is 14.5. The third-order valence-electron chi connectivity index (χ3n) is 9.77. The summed E-state index contributed by atoms with van der Waals surface area (Å²) in [7, 11) is 3.41. The number of likely N-dealkylation sites (N-methyl/N-ethyl adjacent to an activating group) is 1. The number of rotatable bonds is 14. The molecule has 2 fully saturated rings. The van der Waals surface area contributed by atoms with Crippen LogP contribution in [0.5, 0.6) is 5.75 Å². The molecule has 47 heavy (non-hydrogen) atoms. The third-order valence-corrected chi connectivity index (χ3v) is 9.77. The molecule has 9 nitrogen and oxygen atoms in total. The molecule has 5 atom stereocenters. The van der Waals surface area contributed by atoms with E-state index in [9.17, 15) is 14.4 Å². The van der Waals surface area contributed by atoms with E-state index in [2.05, 4.69) is 21.3 Å². The molecule has 2 aliphatic rings. The van der Waals surface area contributed by atoms with Crippen LogP contribution in [0.4, 0.5) is 0 Å². The molecule has 3 aromatic carbocycles. The van der Waals surface area contributed by atoms with E-state index in [1.807, 2.05) is 91.9 Å². The molecule has 0 spiro atoms. The Morgan fingerprint density at radius 1 is 0.894 bits per heavy atom. The minimum Gasteiger partial charge on any atom is -0.497 e. The van der Waals surface area contributed by atoms with Gasteiger partial charge < -0.3 is 30.9 Å². The van der Waals surface area contributed by atoms with Crippen molar-refractivity contribution in [2.45, 2.75) is 82.2 Å². The summed E-state index contributed by atoms with van der Waals surface area (Å²) in [6.07, 6.45) is 4.29. The zero-order valence-electron chi connectivity index (χ0n) is 27.8. The van der Waals surface area contributed by atoms with Gasteiger partial charge in [-0.15, -0.1) is 0 Å². The molecule has 2 heterocycles. The minimum atomic E-state index is -0.704. The van der Waals surface area contributed by atoms with Gasteiger partial charge in [0.05, 0.1) is 19.2 Å².